The lowest BCUT2D eigenvalue weighted by molar-refractivity contribution is -0.138. The molecule has 4 nitrogen and oxygen atoms in total. The summed E-state index contributed by atoms with van der Waals surface area (Å²) in [7, 11) is 0. The van der Waals surface area contributed by atoms with Gasteiger partial charge < -0.3 is 9.84 Å². The van der Waals surface area contributed by atoms with Crippen LogP contribution in [0.1, 0.15) is 52.2 Å². The number of esters is 1. The second kappa shape index (κ2) is 8.78. The van der Waals surface area contributed by atoms with Crippen molar-refractivity contribution in [3.05, 3.63) is 52.1 Å². The first kappa shape index (κ1) is 22.3. The van der Waals surface area contributed by atoms with E-state index < -0.39 is 0 Å². The minimum atomic E-state index is -0.335. The number of aromatic nitrogens is 1. The van der Waals surface area contributed by atoms with Gasteiger partial charge in [-0.05, 0) is 60.7 Å². The monoisotopic (exact) mass is 443 g/mol. The quantitative estimate of drug-likeness (QED) is 0.341. The molecule has 30 heavy (non-hydrogen) atoms. The molecule has 0 aliphatic rings. The summed E-state index contributed by atoms with van der Waals surface area (Å²) in [6.07, 6.45) is 2.57. The third-order valence-electron chi connectivity index (χ3n) is 4.66. The van der Waals surface area contributed by atoms with Gasteiger partial charge in [0.25, 0.3) is 0 Å². The van der Waals surface area contributed by atoms with Crippen molar-refractivity contribution in [2.24, 2.45) is 0 Å². The van der Waals surface area contributed by atoms with E-state index in [1.807, 2.05) is 58.0 Å². The zero-order chi connectivity index (χ0) is 22.1. The van der Waals surface area contributed by atoms with Gasteiger partial charge >= 0.3 is 5.97 Å². The average molecular weight is 444 g/mol. The summed E-state index contributed by atoms with van der Waals surface area (Å²) in [5, 5.41) is 12.4. The Bertz CT molecular complexity index is 1130. The summed E-state index contributed by atoms with van der Waals surface area (Å²) in [6, 6.07) is 9.35. The predicted molar refractivity (Wildman–Crippen MR) is 125 cm³/mol. The van der Waals surface area contributed by atoms with Gasteiger partial charge in [0.15, 0.2) is 0 Å². The second-order valence-electron chi connectivity index (χ2n) is 8.31. The Hall–Kier alpha value is -2.37. The van der Waals surface area contributed by atoms with Crippen LogP contribution in [0.15, 0.2) is 35.9 Å². The Balaban J connectivity index is 2.14. The van der Waals surface area contributed by atoms with Crippen LogP contribution < -0.4 is 0 Å². The van der Waals surface area contributed by atoms with Gasteiger partial charge in [-0.1, -0.05) is 39.3 Å². The number of carbonyl (C=O) groups excluding carboxylic acids is 1. The molecular formula is C24H26ClNO3S. The summed E-state index contributed by atoms with van der Waals surface area (Å²) >= 11 is 7.60. The number of halogens is 1. The number of ether oxygens (including phenoxy) is 1. The first-order chi connectivity index (χ1) is 14.1. The summed E-state index contributed by atoms with van der Waals surface area (Å²) in [4.78, 5) is 16.9. The Morgan fingerprint density at radius 3 is 2.67 bits per heavy atom. The van der Waals surface area contributed by atoms with Crippen LogP contribution in [-0.4, -0.2) is 22.7 Å². The molecule has 0 bridgehead atoms. The molecule has 3 rings (SSSR count). The van der Waals surface area contributed by atoms with Gasteiger partial charge in [-0.25, -0.2) is 9.78 Å². The number of hydrogen-bond donors (Lipinski definition) is 1. The number of nitrogens with zero attached hydrogens (tertiary/aromatic N) is 1. The highest BCUT2D eigenvalue weighted by molar-refractivity contribution is 7.21. The van der Waals surface area contributed by atoms with Crippen molar-refractivity contribution in [3.63, 3.8) is 0 Å². The van der Waals surface area contributed by atoms with Gasteiger partial charge in [0, 0.05) is 16.2 Å². The van der Waals surface area contributed by atoms with Gasteiger partial charge in [-0.2, -0.15) is 0 Å². The van der Waals surface area contributed by atoms with Gasteiger partial charge in [-0.3, -0.25) is 0 Å². The molecule has 3 aromatic rings. The number of rotatable bonds is 5. The Labute approximate surface area is 186 Å². The molecule has 1 aromatic heterocycles. The number of carbonyl (C=O) groups is 1. The number of benzene rings is 2. The summed E-state index contributed by atoms with van der Waals surface area (Å²) < 4.78 is 6.23. The van der Waals surface area contributed by atoms with Crippen molar-refractivity contribution in [2.45, 2.75) is 46.5 Å². The van der Waals surface area contributed by atoms with Crippen molar-refractivity contribution in [1.29, 1.82) is 0 Å². The molecule has 0 aliphatic heterocycles. The van der Waals surface area contributed by atoms with Crippen LogP contribution >= 0.6 is 22.9 Å². The smallest absolute Gasteiger partial charge is 0.333 e. The lowest BCUT2D eigenvalue weighted by atomic mass is 9.84. The third-order valence-corrected chi connectivity index (χ3v) is 5.97. The van der Waals surface area contributed by atoms with Gasteiger partial charge in [0.05, 0.1) is 22.4 Å². The molecule has 0 fully saturated rings. The van der Waals surface area contributed by atoms with Crippen LogP contribution in [0.3, 0.4) is 0 Å². The topological polar surface area (TPSA) is 59.4 Å². The fourth-order valence-corrected chi connectivity index (χ4v) is 4.24. The maximum absolute atomic E-state index is 12.2. The standard InChI is InChI=1S/C24H26ClNO3S/c1-6-9-29-23(28)14(2)10-15-11-17(21(27)18(12-15)24(3,4)5)22-26-19-13-16(25)7-8-20(19)30-22/h7-8,10-13,27H,6,9H2,1-5H3. The normalized spacial score (nSPS) is 12.4. The van der Waals surface area contributed by atoms with Crippen molar-refractivity contribution in [2.75, 3.05) is 6.61 Å². The van der Waals surface area contributed by atoms with E-state index in [1.54, 1.807) is 13.0 Å². The van der Waals surface area contributed by atoms with Crippen molar-refractivity contribution in [1.82, 2.24) is 4.98 Å². The maximum Gasteiger partial charge on any atom is 0.333 e. The number of thiazole rings is 1. The second-order valence-corrected chi connectivity index (χ2v) is 9.78. The molecule has 0 spiro atoms. The van der Waals surface area contributed by atoms with Gasteiger partial charge in [0.1, 0.15) is 10.8 Å². The molecule has 0 amide bonds. The molecule has 0 atom stereocenters. The molecule has 0 radical (unpaired) electrons. The zero-order valence-corrected chi connectivity index (χ0v) is 19.4. The average Bonchev–Trinajstić information content (AvgIpc) is 3.09. The van der Waals surface area contributed by atoms with Crippen LogP contribution in [0.4, 0.5) is 0 Å². The SMILES string of the molecule is CCCOC(=O)C(C)=Cc1cc(-c2nc3cc(Cl)ccc3s2)c(O)c(C(C)(C)C)c1. The molecule has 158 valence electrons. The molecule has 0 unspecified atom stereocenters. The first-order valence-electron chi connectivity index (χ1n) is 9.89. The van der Waals surface area contributed by atoms with E-state index in [2.05, 4.69) is 4.98 Å². The Kier molecular flexibility index (Phi) is 6.53. The number of phenolic OH excluding ortho intramolecular Hbond substituents is 1. The third kappa shape index (κ3) is 4.85. The van der Waals surface area contributed by atoms with Crippen LogP contribution in [0.25, 0.3) is 26.9 Å². The molecule has 2 aromatic carbocycles. The van der Waals surface area contributed by atoms with Crippen LogP contribution in [0.2, 0.25) is 5.02 Å². The predicted octanol–water partition coefficient (Wildman–Crippen LogP) is 6.98. The van der Waals surface area contributed by atoms with Crippen molar-refractivity contribution < 1.29 is 14.6 Å². The lowest BCUT2D eigenvalue weighted by Gasteiger charge is -2.22. The highest BCUT2D eigenvalue weighted by Crippen LogP contribution is 2.42. The molecule has 0 saturated carbocycles. The summed E-state index contributed by atoms with van der Waals surface area (Å²) in [5.74, 6) is -0.130. The van der Waals surface area contributed by atoms with Crippen LogP contribution in [0.5, 0.6) is 5.75 Å². The maximum atomic E-state index is 12.2. The van der Waals surface area contributed by atoms with Gasteiger partial charge in [-0.15, -0.1) is 11.3 Å². The number of phenols is 1. The van der Waals surface area contributed by atoms with E-state index in [9.17, 15) is 9.90 Å². The Morgan fingerprint density at radius 2 is 2.00 bits per heavy atom. The molecule has 0 saturated heterocycles. The molecule has 1 heterocycles. The molecular weight excluding hydrogens is 418 g/mol. The molecule has 0 aliphatic carbocycles. The van der Waals surface area contributed by atoms with E-state index in [4.69, 9.17) is 16.3 Å². The van der Waals surface area contributed by atoms with Crippen molar-refractivity contribution >= 4 is 45.2 Å². The largest absolute Gasteiger partial charge is 0.507 e. The zero-order valence-electron chi connectivity index (χ0n) is 17.9. The molecule has 1 N–H and O–H groups in total. The fourth-order valence-electron chi connectivity index (χ4n) is 3.11. The molecule has 6 heteroatoms. The van der Waals surface area contributed by atoms with Crippen LogP contribution in [-0.2, 0) is 14.9 Å². The minimum absolute atomic E-state index is 0.205. The van der Waals surface area contributed by atoms with Crippen molar-refractivity contribution in [3.8, 4) is 16.3 Å². The lowest BCUT2D eigenvalue weighted by Crippen LogP contribution is -2.12. The van der Waals surface area contributed by atoms with Gasteiger partial charge in [0.2, 0.25) is 0 Å². The van der Waals surface area contributed by atoms with E-state index in [0.29, 0.717) is 27.8 Å². The van der Waals surface area contributed by atoms with E-state index in [0.717, 1.165) is 27.8 Å². The highest BCUT2D eigenvalue weighted by atomic mass is 35.5. The van der Waals surface area contributed by atoms with Crippen LogP contribution in [0, 0.1) is 0 Å². The highest BCUT2D eigenvalue weighted by Gasteiger charge is 2.23. The van der Waals surface area contributed by atoms with E-state index in [1.165, 1.54) is 11.3 Å². The fraction of sp³-hybridized carbons (Fsp3) is 0.333. The van der Waals surface area contributed by atoms with E-state index in [-0.39, 0.29) is 17.1 Å². The minimum Gasteiger partial charge on any atom is -0.507 e. The van der Waals surface area contributed by atoms with E-state index >= 15 is 0 Å². The Morgan fingerprint density at radius 1 is 1.27 bits per heavy atom. The number of fused-ring (bicyclic) bond motifs is 1. The number of aromatic hydroxyl groups is 1. The summed E-state index contributed by atoms with van der Waals surface area (Å²) in [6.45, 7) is 10.2. The summed E-state index contributed by atoms with van der Waals surface area (Å²) in [5.41, 5.74) is 3.25. The first-order valence-corrected chi connectivity index (χ1v) is 11.1. The number of hydrogen-bond acceptors (Lipinski definition) is 5.